The molecule has 1 rings (SSSR count). The summed E-state index contributed by atoms with van der Waals surface area (Å²) in [5.74, 6) is 0.0671. The number of nitrogens with one attached hydrogen (secondary N) is 1. The van der Waals surface area contributed by atoms with Gasteiger partial charge in [0.2, 0.25) is 0 Å². The first kappa shape index (κ1) is 8.16. The number of aldehydes is 1. The maximum absolute atomic E-state index is 10.3. The van der Waals surface area contributed by atoms with E-state index in [0.29, 0.717) is 6.29 Å². The SMILES string of the molecule is Nc1nc(=S)[nH]c(C=O)c1Cl. The van der Waals surface area contributed by atoms with Gasteiger partial charge in [-0.15, -0.1) is 0 Å². The van der Waals surface area contributed by atoms with Crippen molar-refractivity contribution in [3.05, 3.63) is 15.5 Å². The highest BCUT2D eigenvalue weighted by molar-refractivity contribution is 7.71. The van der Waals surface area contributed by atoms with Crippen LogP contribution in [0.3, 0.4) is 0 Å². The molecule has 0 aliphatic carbocycles. The zero-order valence-electron chi connectivity index (χ0n) is 5.30. The van der Waals surface area contributed by atoms with Gasteiger partial charge in [-0.25, -0.2) is 4.98 Å². The highest BCUT2D eigenvalue weighted by atomic mass is 35.5. The summed E-state index contributed by atoms with van der Waals surface area (Å²) in [6.45, 7) is 0. The van der Waals surface area contributed by atoms with Crippen molar-refractivity contribution < 1.29 is 4.79 Å². The number of nitrogen functional groups attached to an aromatic ring is 1. The molecule has 1 aromatic heterocycles. The fourth-order valence-corrected chi connectivity index (χ4v) is 0.918. The molecule has 1 aromatic rings. The molecule has 6 heteroatoms. The highest BCUT2D eigenvalue weighted by Gasteiger charge is 2.03. The summed E-state index contributed by atoms with van der Waals surface area (Å²) < 4.78 is 0.147. The van der Waals surface area contributed by atoms with Gasteiger partial charge in [0, 0.05) is 0 Å². The van der Waals surface area contributed by atoms with Crippen LogP contribution in [0.15, 0.2) is 0 Å². The van der Waals surface area contributed by atoms with Crippen LogP contribution >= 0.6 is 23.8 Å². The Morgan fingerprint density at radius 2 is 2.36 bits per heavy atom. The van der Waals surface area contributed by atoms with E-state index in [1.54, 1.807) is 0 Å². The number of nitrogens with two attached hydrogens (primary N) is 1. The highest BCUT2D eigenvalue weighted by Crippen LogP contribution is 2.16. The first-order valence-corrected chi connectivity index (χ1v) is 3.44. The van der Waals surface area contributed by atoms with Crippen molar-refractivity contribution in [2.24, 2.45) is 0 Å². The van der Waals surface area contributed by atoms with E-state index in [1.807, 2.05) is 0 Å². The maximum atomic E-state index is 10.3. The quantitative estimate of drug-likeness (QED) is 0.514. The van der Waals surface area contributed by atoms with Gasteiger partial charge in [-0.2, -0.15) is 0 Å². The number of nitrogens with zero attached hydrogens (tertiary/aromatic N) is 1. The largest absolute Gasteiger partial charge is 0.382 e. The molecule has 0 bridgehead atoms. The van der Waals surface area contributed by atoms with E-state index in [4.69, 9.17) is 17.3 Å². The van der Waals surface area contributed by atoms with Gasteiger partial charge >= 0.3 is 0 Å². The Morgan fingerprint density at radius 1 is 1.73 bits per heavy atom. The number of aromatic amines is 1. The van der Waals surface area contributed by atoms with Crippen molar-refractivity contribution in [2.75, 3.05) is 5.73 Å². The standard InChI is InChI=1S/C5H4ClN3OS/c6-3-2(1-10)8-5(11)9-4(3)7/h1H,(H3,7,8,9,11). The third kappa shape index (κ3) is 1.55. The summed E-state index contributed by atoms with van der Waals surface area (Å²) in [6.07, 6.45) is 0.538. The minimum atomic E-state index is 0.0671. The summed E-state index contributed by atoms with van der Waals surface area (Å²) in [4.78, 5) is 16.4. The van der Waals surface area contributed by atoms with Crippen molar-refractivity contribution in [1.29, 1.82) is 0 Å². The molecule has 1 heterocycles. The number of hydrogen-bond acceptors (Lipinski definition) is 4. The van der Waals surface area contributed by atoms with Crippen molar-refractivity contribution in [1.82, 2.24) is 9.97 Å². The summed E-state index contributed by atoms with van der Waals surface area (Å²) >= 11 is 10.2. The van der Waals surface area contributed by atoms with Crippen LogP contribution in [0, 0.1) is 4.77 Å². The van der Waals surface area contributed by atoms with Crippen LogP contribution in [0.2, 0.25) is 5.02 Å². The van der Waals surface area contributed by atoms with Gasteiger partial charge in [0.25, 0.3) is 0 Å². The van der Waals surface area contributed by atoms with E-state index >= 15 is 0 Å². The molecule has 3 N–H and O–H groups in total. The van der Waals surface area contributed by atoms with Crippen LogP contribution in [0.5, 0.6) is 0 Å². The molecule has 0 spiro atoms. The molecule has 0 saturated carbocycles. The third-order valence-electron chi connectivity index (χ3n) is 1.04. The Kier molecular flexibility index (Phi) is 2.21. The molecule has 0 saturated heterocycles. The molecule has 0 aliphatic rings. The summed E-state index contributed by atoms with van der Waals surface area (Å²) in [5.41, 5.74) is 5.47. The van der Waals surface area contributed by atoms with E-state index in [0.717, 1.165) is 0 Å². The van der Waals surface area contributed by atoms with E-state index < -0.39 is 0 Å². The third-order valence-corrected chi connectivity index (χ3v) is 1.63. The molecular formula is C5H4ClN3OS. The number of H-pyrrole nitrogens is 1. The molecule has 0 unspecified atom stereocenters. The maximum Gasteiger partial charge on any atom is 0.199 e. The van der Waals surface area contributed by atoms with Crippen LogP contribution < -0.4 is 5.73 Å². The Morgan fingerprint density at radius 3 is 2.91 bits per heavy atom. The lowest BCUT2D eigenvalue weighted by molar-refractivity contribution is 0.111. The van der Waals surface area contributed by atoms with Gasteiger partial charge in [0.1, 0.15) is 16.5 Å². The number of anilines is 1. The fourth-order valence-electron chi connectivity index (χ4n) is 0.576. The Hall–Kier alpha value is -0.940. The summed E-state index contributed by atoms with van der Waals surface area (Å²) in [7, 11) is 0. The van der Waals surface area contributed by atoms with Gasteiger partial charge in [0.05, 0.1) is 0 Å². The van der Waals surface area contributed by atoms with Crippen LogP contribution in [-0.2, 0) is 0 Å². The van der Waals surface area contributed by atoms with Gasteiger partial charge in [-0.1, -0.05) is 11.6 Å². The van der Waals surface area contributed by atoms with Crippen LogP contribution in [0.4, 0.5) is 5.82 Å². The summed E-state index contributed by atoms with van der Waals surface area (Å²) in [6, 6.07) is 0. The van der Waals surface area contributed by atoms with Crippen molar-refractivity contribution in [3.8, 4) is 0 Å². The lowest BCUT2D eigenvalue weighted by Crippen LogP contribution is -1.98. The molecule has 58 valence electrons. The second-order valence-electron chi connectivity index (χ2n) is 1.77. The first-order valence-electron chi connectivity index (χ1n) is 2.65. The lowest BCUT2D eigenvalue weighted by atomic mass is 10.4. The molecule has 4 nitrogen and oxygen atoms in total. The van der Waals surface area contributed by atoms with Crippen molar-refractivity contribution in [3.63, 3.8) is 0 Å². The molecule has 0 atom stereocenters. The molecule has 11 heavy (non-hydrogen) atoms. The predicted molar refractivity (Wildman–Crippen MR) is 44.2 cm³/mol. The number of hydrogen-bond donors (Lipinski definition) is 2. The lowest BCUT2D eigenvalue weighted by Gasteiger charge is -1.97. The molecule has 0 aromatic carbocycles. The molecule has 0 amide bonds. The van der Waals surface area contributed by atoms with Crippen LogP contribution in [0.1, 0.15) is 10.5 Å². The van der Waals surface area contributed by atoms with E-state index in [-0.39, 0.29) is 21.3 Å². The molecular weight excluding hydrogens is 186 g/mol. The molecule has 0 aliphatic heterocycles. The number of halogens is 1. The fraction of sp³-hybridized carbons (Fsp3) is 0. The van der Waals surface area contributed by atoms with Gasteiger partial charge in [-0.05, 0) is 12.2 Å². The average molecular weight is 190 g/mol. The number of carbonyl (C=O) groups excluding carboxylic acids is 1. The Balaban J connectivity index is 3.48. The Bertz CT molecular complexity index is 348. The summed E-state index contributed by atoms with van der Waals surface area (Å²) in [5, 5.41) is 0.105. The minimum absolute atomic E-state index is 0.0671. The van der Waals surface area contributed by atoms with E-state index in [2.05, 4.69) is 22.2 Å². The number of aromatic nitrogens is 2. The molecule has 0 radical (unpaired) electrons. The average Bonchev–Trinajstić information content (AvgIpc) is 1.96. The normalized spacial score (nSPS) is 9.55. The van der Waals surface area contributed by atoms with Gasteiger partial charge in [0.15, 0.2) is 11.1 Å². The second kappa shape index (κ2) is 2.98. The van der Waals surface area contributed by atoms with Crippen LogP contribution in [-0.4, -0.2) is 16.3 Å². The topological polar surface area (TPSA) is 71.8 Å². The minimum Gasteiger partial charge on any atom is -0.382 e. The smallest absolute Gasteiger partial charge is 0.199 e. The Labute approximate surface area is 72.4 Å². The van der Waals surface area contributed by atoms with Crippen LogP contribution in [0.25, 0.3) is 0 Å². The number of rotatable bonds is 1. The van der Waals surface area contributed by atoms with Crippen molar-refractivity contribution in [2.45, 2.75) is 0 Å². The van der Waals surface area contributed by atoms with Crippen molar-refractivity contribution >= 4 is 35.9 Å². The zero-order valence-corrected chi connectivity index (χ0v) is 6.87. The monoisotopic (exact) mass is 189 g/mol. The van der Waals surface area contributed by atoms with E-state index in [9.17, 15) is 4.79 Å². The van der Waals surface area contributed by atoms with Gasteiger partial charge in [-0.3, -0.25) is 4.79 Å². The number of carbonyl (C=O) groups is 1. The zero-order chi connectivity index (χ0) is 8.43. The van der Waals surface area contributed by atoms with E-state index in [1.165, 1.54) is 0 Å². The first-order chi connectivity index (χ1) is 5.15. The van der Waals surface area contributed by atoms with Gasteiger partial charge < -0.3 is 10.7 Å². The predicted octanol–water partition coefficient (Wildman–Crippen LogP) is 1.19. The molecule has 0 fully saturated rings. The second-order valence-corrected chi connectivity index (χ2v) is 2.54.